The van der Waals surface area contributed by atoms with Crippen molar-refractivity contribution in [2.24, 2.45) is 29.6 Å². The predicted molar refractivity (Wildman–Crippen MR) is 209 cm³/mol. The second-order valence-corrected chi connectivity index (χ2v) is 23.7. The number of methoxy groups -OCH3 is 1. The standard InChI is InChI=1S/C41H56N2O11SSi/c1-23-21-24(2)41-27(22-31(49-8)38(45)50-33(23)26(4)54-56(9,10)40(5,6)7)18-19-29-32(41)34(52-39(46)43-55(47,48)28-15-12-11-13-16-28)25(3)35(36(29)53-41)51-37(44)30-17-14-20-42-30/h11-21,23,25-27,29,31-36,42H,22H2,1-10H3,(H,43,46)/b24-21+/t23-,25-,26-,27?,29-,31+,32+,33+,34-,35-,36-,41+/m1/s1. The van der Waals surface area contributed by atoms with Crippen LogP contribution < -0.4 is 4.72 Å². The number of sulfonamides is 1. The lowest BCUT2D eigenvalue weighted by Gasteiger charge is -2.49. The Morgan fingerprint density at radius 2 is 1.73 bits per heavy atom. The molecule has 1 saturated heterocycles. The van der Waals surface area contributed by atoms with Gasteiger partial charge in [-0.3, -0.25) is 0 Å². The van der Waals surface area contributed by atoms with E-state index in [2.05, 4.69) is 43.6 Å². The smallest absolute Gasteiger partial charge is 0.421 e. The van der Waals surface area contributed by atoms with E-state index in [9.17, 15) is 22.8 Å². The van der Waals surface area contributed by atoms with Crippen LogP contribution in [0.4, 0.5) is 4.79 Å². The maximum absolute atomic E-state index is 14.0. The zero-order chi connectivity index (χ0) is 41.0. The van der Waals surface area contributed by atoms with Crippen molar-refractivity contribution in [3.05, 3.63) is 78.2 Å². The molecule has 4 bridgehead atoms. The highest BCUT2D eigenvalue weighted by molar-refractivity contribution is 7.90. The number of hydrogen-bond acceptors (Lipinski definition) is 11. The molecule has 13 nitrogen and oxygen atoms in total. The van der Waals surface area contributed by atoms with Gasteiger partial charge in [-0.2, -0.15) is 0 Å². The number of benzene rings is 1. The highest BCUT2D eigenvalue weighted by Crippen LogP contribution is 2.62. The van der Waals surface area contributed by atoms with Gasteiger partial charge in [0.2, 0.25) is 0 Å². The first-order valence-electron chi connectivity index (χ1n) is 19.3. The molecule has 4 aliphatic rings. The normalized spacial score (nSPS) is 34.6. The van der Waals surface area contributed by atoms with Gasteiger partial charge in [0.1, 0.15) is 35.7 Å². The average Bonchev–Trinajstić information content (AvgIpc) is 3.72. The van der Waals surface area contributed by atoms with Gasteiger partial charge in [0.25, 0.3) is 10.0 Å². The lowest BCUT2D eigenvalue weighted by molar-refractivity contribution is -0.171. The van der Waals surface area contributed by atoms with Crippen molar-refractivity contribution >= 4 is 36.4 Å². The van der Waals surface area contributed by atoms with Gasteiger partial charge in [0.05, 0.1) is 11.0 Å². The highest BCUT2D eigenvalue weighted by Gasteiger charge is 2.70. The Bertz CT molecular complexity index is 1940. The Balaban J connectivity index is 1.43. The Labute approximate surface area is 331 Å². The molecule has 15 heteroatoms. The van der Waals surface area contributed by atoms with Gasteiger partial charge in [0.15, 0.2) is 14.4 Å². The lowest BCUT2D eigenvalue weighted by Crippen LogP contribution is -2.59. The number of ether oxygens (including phenoxy) is 5. The number of H-pyrrole nitrogens is 1. The molecule has 0 radical (unpaired) electrons. The minimum absolute atomic E-state index is 0.0879. The molecule has 56 heavy (non-hydrogen) atoms. The van der Waals surface area contributed by atoms with E-state index in [1.54, 1.807) is 36.5 Å². The third kappa shape index (κ3) is 7.64. The van der Waals surface area contributed by atoms with Crippen molar-refractivity contribution in [3.8, 4) is 0 Å². The summed E-state index contributed by atoms with van der Waals surface area (Å²) in [4.78, 5) is 44.0. The first kappa shape index (κ1) is 41.9. The molecule has 12 atom stereocenters. The minimum atomic E-state index is -4.29. The Kier molecular flexibility index (Phi) is 11.6. The molecule has 1 unspecified atom stereocenters. The second-order valence-electron chi connectivity index (χ2n) is 17.2. The Morgan fingerprint density at radius 1 is 1.04 bits per heavy atom. The molecule has 6 rings (SSSR count). The molecule has 1 aromatic carbocycles. The van der Waals surface area contributed by atoms with E-state index in [1.165, 1.54) is 19.2 Å². The van der Waals surface area contributed by atoms with Gasteiger partial charge in [-0.1, -0.05) is 71.0 Å². The molecular weight excluding hydrogens is 757 g/mol. The topological polar surface area (TPSA) is 169 Å². The number of hydrogen-bond donors (Lipinski definition) is 2. The largest absolute Gasteiger partial charge is 0.457 e. The van der Waals surface area contributed by atoms with E-state index < -0.39 is 102 Å². The summed E-state index contributed by atoms with van der Waals surface area (Å²) >= 11 is 0. The molecule has 306 valence electrons. The Morgan fingerprint density at radius 3 is 2.36 bits per heavy atom. The number of esters is 2. The van der Waals surface area contributed by atoms with Gasteiger partial charge >= 0.3 is 18.0 Å². The van der Waals surface area contributed by atoms with Crippen LogP contribution >= 0.6 is 0 Å². The summed E-state index contributed by atoms with van der Waals surface area (Å²) in [7, 11) is -5.11. The van der Waals surface area contributed by atoms with Crippen LogP contribution in [0.25, 0.3) is 0 Å². The van der Waals surface area contributed by atoms with E-state index in [1.807, 2.05) is 45.9 Å². The summed E-state index contributed by atoms with van der Waals surface area (Å²) in [6.45, 7) is 18.4. The van der Waals surface area contributed by atoms with E-state index >= 15 is 0 Å². The number of aromatic amines is 1. The van der Waals surface area contributed by atoms with Gasteiger partial charge in [-0.15, -0.1) is 0 Å². The molecule has 2 fully saturated rings. The van der Waals surface area contributed by atoms with Crippen LogP contribution in [0.15, 0.2) is 77.4 Å². The molecule has 3 heterocycles. The predicted octanol–water partition coefficient (Wildman–Crippen LogP) is 6.55. The number of aromatic nitrogens is 1. The summed E-state index contributed by atoms with van der Waals surface area (Å²) in [5.74, 6) is -3.63. The highest BCUT2D eigenvalue weighted by atomic mass is 32.2. The van der Waals surface area contributed by atoms with Crippen LogP contribution in [-0.2, 0) is 42.9 Å². The van der Waals surface area contributed by atoms with Crippen molar-refractivity contribution in [3.63, 3.8) is 0 Å². The molecule has 1 aromatic heterocycles. The van der Waals surface area contributed by atoms with E-state index in [0.29, 0.717) is 0 Å². The van der Waals surface area contributed by atoms with E-state index in [0.717, 1.165) is 5.57 Å². The van der Waals surface area contributed by atoms with Crippen molar-refractivity contribution in [1.82, 2.24) is 9.71 Å². The van der Waals surface area contributed by atoms with Crippen molar-refractivity contribution < 1.29 is 50.9 Å². The molecule has 1 spiro atoms. The van der Waals surface area contributed by atoms with Gasteiger partial charge in [0, 0.05) is 42.9 Å². The van der Waals surface area contributed by atoms with Crippen LogP contribution in [0.5, 0.6) is 0 Å². The number of carbonyl (C=O) groups is 3. The lowest BCUT2D eigenvalue weighted by atomic mass is 9.57. The summed E-state index contributed by atoms with van der Waals surface area (Å²) < 4.78 is 67.1. The van der Waals surface area contributed by atoms with Gasteiger partial charge in [-0.05, 0) is 68.2 Å². The van der Waals surface area contributed by atoms with Crippen LogP contribution in [0.2, 0.25) is 18.1 Å². The first-order valence-corrected chi connectivity index (χ1v) is 23.7. The SMILES string of the molecule is CO[C@H]1CC2C=C[C@H]3[C@H]4O[C@]2(/C(C)=C/[C@@H](C)[C@@H]([C@@H](C)O[Si](C)(C)C(C)(C)C)OC1=O)[C@@H]3[C@H](OC(=O)NS(=O)(=O)c1ccccc1)[C@@H](C)[C@H]4OC(=O)c1ccc[nH]1. The third-order valence-electron chi connectivity index (χ3n) is 12.7. The van der Waals surface area contributed by atoms with Crippen molar-refractivity contribution in [2.75, 3.05) is 7.11 Å². The quantitative estimate of drug-likeness (QED) is 0.122. The summed E-state index contributed by atoms with van der Waals surface area (Å²) in [6.07, 6.45) is 1.90. The molecule has 1 amide bonds. The number of carbonyl (C=O) groups excluding carboxylic acids is 3. The number of rotatable bonds is 9. The van der Waals surface area contributed by atoms with E-state index in [4.69, 9.17) is 28.1 Å². The summed E-state index contributed by atoms with van der Waals surface area (Å²) in [5, 5.41) is -0.0879. The average molecular weight is 813 g/mol. The Hall–Kier alpha value is -3.76. The zero-order valence-corrected chi connectivity index (χ0v) is 35.6. The fourth-order valence-corrected chi connectivity index (χ4v) is 11.2. The van der Waals surface area contributed by atoms with Gasteiger partial charge in [-0.25, -0.2) is 27.5 Å². The minimum Gasteiger partial charge on any atom is -0.457 e. The summed E-state index contributed by atoms with van der Waals surface area (Å²) in [5.41, 5.74) is -0.142. The number of amides is 1. The van der Waals surface area contributed by atoms with Crippen LogP contribution in [0.1, 0.15) is 65.4 Å². The molecule has 2 aliphatic heterocycles. The third-order valence-corrected chi connectivity index (χ3v) is 18.6. The fourth-order valence-electron chi connectivity index (χ4n) is 8.91. The van der Waals surface area contributed by atoms with Crippen LogP contribution in [0, 0.1) is 29.6 Å². The van der Waals surface area contributed by atoms with Crippen molar-refractivity contribution in [2.45, 2.75) is 120 Å². The number of cyclic esters (lactones) is 1. The van der Waals surface area contributed by atoms with Crippen LogP contribution in [-0.4, -0.2) is 89.1 Å². The maximum atomic E-state index is 14.0. The summed E-state index contributed by atoms with van der Waals surface area (Å²) in [6, 6.07) is 10.8. The maximum Gasteiger partial charge on any atom is 0.421 e. The van der Waals surface area contributed by atoms with Crippen LogP contribution in [0.3, 0.4) is 0 Å². The molecule has 2 aromatic rings. The van der Waals surface area contributed by atoms with E-state index in [-0.39, 0.29) is 28.0 Å². The second kappa shape index (κ2) is 15.5. The number of nitrogens with one attached hydrogen (secondary N) is 2. The monoisotopic (exact) mass is 812 g/mol. The molecular formula is C41H56N2O11SSi. The van der Waals surface area contributed by atoms with Gasteiger partial charge < -0.3 is 33.1 Å². The zero-order valence-electron chi connectivity index (χ0n) is 33.8. The molecule has 2 aliphatic carbocycles. The molecule has 2 N–H and O–H groups in total. The first-order chi connectivity index (χ1) is 26.2. The molecule has 1 saturated carbocycles. The fraction of sp³-hybridized carbons (Fsp3) is 0.585. The van der Waals surface area contributed by atoms with Crippen molar-refractivity contribution in [1.29, 1.82) is 0 Å².